The normalized spacial score (nSPS) is 13.0. The van der Waals surface area contributed by atoms with Crippen molar-refractivity contribution in [1.29, 1.82) is 0 Å². The predicted octanol–water partition coefficient (Wildman–Crippen LogP) is 8.56. The van der Waals surface area contributed by atoms with Crippen LogP contribution >= 0.6 is 22.7 Å². The van der Waals surface area contributed by atoms with Gasteiger partial charge in [0, 0.05) is 42.8 Å². The highest BCUT2D eigenvalue weighted by Gasteiger charge is 2.35. The Hall–Kier alpha value is -2.94. The first-order valence-electron chi connectivity index (χ1n) is 9.53. The molecule has 0 atom stereocenters. The highest BCUT2D eigenvalue weighted by Crippen LogP contribution is 2.63. The average molecular weight is 389 g/mol. The molecule has 0 fully saturated rings. The van der Waals surface area contributed by atoms with Crippen LogP contribution in [-0.4, -0.2) is 0 Å². The first-order chi connectivity index (χ1) is 13.9. The third kappa shape index (κ3) is 1.35. The molecule has 28 heavy (non-hydrogen) atoms. The van der Waals surface area contributed by atoms with Crippen molar-refractivity contribution in [3.8, 4) is 43.1 Å². The Labute approximate surface area is 169 Å². The van der Waals surface area contributed by atoms with Crippen molar-refractivity contribution < 1.29 is 0 Å². The topological polar surface area (TPSA) is 0 Å². The monoisotopic (exact) mass is 388 g/mol. The van der Waals surface area contributed by atoms with Crippen molar-refractivity contribution in [2.75, 3.05) is 0 Å². The van der Waals surface area contributed by atoms with Crippen molar-refractivity contribution in [1.82, 2.24) is 0 Å². The van der Waals surface area contributed by atoms with Crippen LogP contribution in [0.1, 0.15) is 0 Å². The van der Waals surface area contributed by atoms with Gasteiger partial charge in [-0.1, -0.05) is 48.5 Å². The standard InChI is InChI=1S/C26H12S2/c1-3-7-15-13(5-1)19-17-9-11-27-25(17)22-16-8-4-2-6-14(16)20-18-10-12-28-26(18)21(15)24(20)23(19)22/h1-12H. The van der Waals surface area contributed by atoms with Crippen LogP contribution in [0.2, 0.25) is 0 Å². The fourth-order valence-electron chi connectivity index (χ4n) is 5.56. The molecule has 0 bridgehead atoms. The quantitative estimate of drug-likeness (QED) is 0.228. The second-order valence-corrected chi connectivity index (χ2v) is 9.50. The molecular formula is C26H12S2. The Morgan fingerprint density at radius 2 is 0.821 bits per heavy atom. The summed E-state index contributed by atoms with van der Waals surface area (Å²) in [7, 11) is 0. The zero-order valence-corrected chi connectivity index (χ0v) is 16.4. The van der Waals surface area contributed by atoms with Crippen LogP contribution in [0.3, 0.4) is 0 Å². The van der Waals surface area contributed by atoms with E-state index in [-0.39, 0.29) is 0 Å². The lowest BCUT2D eigenvalue weighted by Crippen LogP contribution is -1.86. The van der Waals surface area contributed by atoms with E-state index in [2.05, 4.69) is 71.4 Å². The molecule has 2 heterocycles. The lowest BCUT2D eigenvalue weighted by atomic mass is 9.88. The molecule has 4 aromatic carbocycles. The maximum atomic E-state index is 2.32. The van der Waals surface area contributed by atoms with Gasteiger partial charge in [-0.05, 0) is 55.6 Å². The van der Waals surface area contributed by atoms with Gasteiger partial charge in [0.25, 0.3) is 0 Å². The van der Waals surface area contributed by atoms with E-state index in [9.17, 15) is 0 Å². The van der Waals surface area contributed by atoms with Crippen LogP contribution in [0, 0.1) is 0 Å². The lowest BCUT2D eigenvalue weighted by Gasteiger charge is -2.14. The van der Waals surface area contributed by atoms with Gasteiger partial charge in [0.2, 0.25) is 0 Å². The zero-order chi connectivity index (χ0) is 18.0. The summed E-state index contributed by atoms with van der Waals surface area (Å²) in [6.07, 6.45) is 0. The van der Waals surface area contributed by atoms with E-state index >= 15 is 0 Å². The molecule has 128 valence electrons. The molecule has 0 aliphatic heterocycles. The maximum Gasteiger partial charge on any atom is 0.0434 e. The molecule has 0 saturated heterocycles. The second-order valence-electron chi connectivity index (χ2n) is 7.67. The third-order valence-electron chi connectivity index (χ3n) is 6.50. The molecule has 0 unspecified atom stereocenters. The molecule has 2 heteroatoms. The van der Waals surface area contributed by atoms with E-state index in [0.717, 1.165) is 0 Å². The summed E-state index contributed by atoms with van der Waals surface area (Å²) < 4.78 is 0. The van der Waals surface area contributed by atoms with Crippen molar-refractivity contribution in [3.63, 3.8) is 0 Å². The molecule has 0 spiro atoms. The first-order valence-corrected chi connectivity index (χ1v) is 11.3. The minimum absolute atomic E-state index is 1.39. The summed E-state index contributed by atoms with van der Waals surface area (Å²) in [6.45, 7) is 0. The minimum Gasteiger partial charge on any atom is -0.143 e. The molecule has 2 aliphatic carbocycles. The van der Waals surface area contributed by atoms with E-state index in [1.54, 1.807) is 0 Å². The maximum absolute atomic E-state index is 2.32. The fourth-order valence-corrected chi connectivity index (χ4v) is 7.49. The van der Waals surface area contributed by atoms with Gasteiger partial charge in [-0.25, -0.2) is 0 Å². The Morgan fingerprint density at radius 1 is 0.429 bits per heavy atom. The molecular weight excluding hydrogens is 376 g/mol. The van der Waals surface area contributed by atoms with Gasteiger partial charge < -0.3 is 0 Å². The van der Waals surface area contributed by atoms with Crippen LogP contribution in [-0.2, 0) is 0 Å². The predicted molar refractivity (Wildman–Crippen MR) is 124 cm³/mol. The number of benzene rings is 4. The van der Waals surface area contributed by atoms with Crippen molar-refractivity contribution in [3.05, 3.63) is 71.4 Å². The summed E-state index contributed by atoms with van der Waals surface area (Å²) in [4.78, 5) is 2.88. The van der Waals surface area contributed by atoms with Gasteiger partial charge in [-0.2, -0.15) is 0 Å². The van der Waals surface area contributed by atoms with Gasteiger partial charge in [-0.3, -0.25) is 0 Å². The Balaban J connectivity index is 1.84. The van der Waals surface area contributed by atoms with E-state index < -0.39 is 0 Å². The largest absolute Gasteiger partial charge is 0.143 e. The molecule has 0 amide bonds. The Bertz CT molecular complexity index is 1420. The molecule has 2 aromatic heterocycles. The molecule has 8 rings (SSSR count). The molecule has 0 nitrogen and oxygen atoms in total. The van der Waals surface area contributed by atoms with Crippen molar-refractivity contribution in [2.24, 2.45) is 0 Å². The molecule has 0 N–H and O–H groups in total. The van der Waals surface area contributed by atoms with Crippen LogP contribution in [0.25, 0.3) is 75.5 Å². The fraction of sp³-hybridized carbons (Fsp3) is 0. The first kappa shape index (κ1) is 14.1. The minimum atomic E-state index is 1.39. The molecule has 6 aromatic rings. The number of rotatable bonds is 0. The smallest absolute Gasteiger partial charge is 0.0434 e. The number of thiophene rings is 2. The summed E-state index contributed by atoms with van der Waals surface area (Å²) in [5, 5.41) is 13.0. The number of hydrogen-bond acceptors (Lipinski definition) is 2. The highest BCUT2D eigenvalue weighted by atomic mass is 32.1. The third-order valence-corrected chi connectivity index (χ3v) is 8.37. The summed E-state index contributed by atoms with van der Waals surface area (Å²) in [6, 6.07) is 22.7. The SMILES string of the molecule is c1ccc2c3c4c(c5ccccc5c5c4c(c2c1)-c1ccsc1-5)-c1ccsc1-3. The van der Waals surface area contributed by atoms with Gasteiger partial charge in [-0.15, -0.1) is 22.7 Å². The summed E-state index contributed by atoms with van der Waals surface area (Å²) in [5.41, 5.74) is 8.64. The average Bonchev–Trinajstić information content (AvgIpc) is 3.48. The summed E-state index contributed by atoms with van der Waals surface area (Å²) >= 11 is 3.77. The van der Waals surface area contributed by atoms with E-state index in [0.29, 0.717) is 0 Å². The van der Waals surface area contributed by atoms with E-state index in [1.807, 2.05) is 22.7 Å². The second kappa shape index (κ2) is 4.54. The van der Waals surface area contributed by atoms with E-state index in [4.69, 9.17) is 0 Å². The van der Waals surface area contributed by atoms with E-state index in [1.165, 1.54) is 75.5 Å². The highest BCUT2D eigenvalue weighted by molar-refractivity contribution is 7.15. The zero-order valence-electron chi connectivity index (χ0n) is 14.7. The lowest BCUT2D eigenvalue weighted by molar-refractivity contribution is 1.79. The van der Waals surface area contributed by atoms with Gasteiger partial charge in [0.15, 0.2) is 0 Å². The van der Waals surface area contributed by atoms with Gasteiger partial charge in [0.05, 0.1) is 0 Å². The Morgan fingerprint density at radius 3 is 1.25 bits per heavy atom. The van der Waals surface area contributed by atoms with Gasteiger partial charge >= 0.3 is 0 Å². The molecule has 2 aliphatic rings. The van der Waals surface area contributed by atoms with Gasteiger partial charge in [0.1, 0.15) is 0 Å². The van der Waals surface area contributed by atoms with Crippen molar-refractivity contribution >= 4 is 55.0 Å². The van der Waals surface area contributed by atoms with Crippen LogP contribution in [0.5, 0.6) is 0 Å². The molecule has 0 radical (unpaired) electrons. The number of fused-ring (bicyclic) bond motifs is 12. The number of hydrogen-bond donors (Lipinski definition) is 0. The molecule has 0 saturated carbocycles. The van der Waals surface area contributed by atoms with Crippen molar-refractivity contribution in [2.45, 2.75) is 0 Å². The van der Waals surface area contributed by atoms with Crippen LogP contribution < -0.4 is 0 Å². The Kier molecular flexibility index (Phi) is 2.29. The van der Waals surface area contributed by atoms with Crippen LogP contribution in [0.15, 0.2) is 71.4 Å². The van der Waals surface area contributed by atoms with Crippen LogP contribution in [0.4, 0.5) is 0 Å². The summed E-state index contributed by atoms with van der Waals surface area (Å²) in [5.74, 6) is 0.